The third kappa shape index (κ3) is 3.83. The molecule has 1 aliphatic rings. The van der Waals surface area contributed by atoms with Gasteiger partial charge in [0.25, 0.3) is 11.6 Å². The van der Waals surface area contributed by atoms with E-state index in [0.717, 1.165) is 12.8 Å². The number of nitro groups is 1. The number of halogens is 1. The highest BCUT2D eigenvalue weighted by molar-refractivity contribution is 6.33. The van der Waals surface area contributed by atoms with Crippen molar-refractivity contribution in [2.75, 3.05) is 6.61 Å². The fraction of sp³-hybridized carbons (Fsp3) is 0.353. The molecule has 8 heteroatoms. The zero-order chi connectivity index (χ0) is 18.0. The number of hydrogen-bond donors (Lipinski definition) is 1. The van der Waals surface area contributed by atoms with Gasteiger partial charge in [0.2, 0.25) is 0 Å². The Kier molecular flexibility index (Phi) is 5.06. The molecule has 0 unspecified atom stereocenters. The monoisotopic (exact) mass is 364 g/mol. The molecule has 1 fully saturated rings. The van der Waals surface area contributed by atoms with Crippen molar-refractivity contribution < 1.29 is 18.9 Å². The summed E-state index contributed by atoms with van der Waals surface area (Å²) in [7, 11) is 0. The Hall–Kier alpha value is -2.38. The number of rotatable bonds is 5. The van der Waals surface area contributed by atoms with E-state index < -0.39 is 4.92 Å². The third-order valence-corrected chi connectivity index (χ3v) is 4.45. The van der Waals surface area contributed by atoms with Crippen molar-refractivity contribution in [3.05, 3.63) is 51.2 Å². The Balaban J connectivity index is 1.73. The standard InChI is InChI=1S/C17H17ClN2O5/c1-10(14-3-2-8-24-14)19-17(21)16-7-6-15(25-16)12-5-4-11(20(22)23)9-13(12)18/h4-7,9-10,14H,2-3,8H2,1H3,(H,19,21)/t10-,14+/m0/s1. The van der Waals surface area contributed by atoms with Crippen LogP contribution in [0.2, 0.25) is 5.02 Å². The molecule has 0 saturated carbocycles. The average Bonchev–Trinajstić information content (AvgIpc) is 3.26. The normalized spacial score (nSPS) is 18.1. The van der Waals surface area contributed by atoms with Crippen LogP contribution in [0.4, 0.5) is 5.69 Å². The SMILES string of the molecule is C[C@H](NC(=O)c1ccc(-c2ccc([N+](=O)[O-])cc2Cl)o1)[C@H]1CCCO1. The number of nitro benzene ring substituents is 1. The second-order valence-electron chi connectivity index (χ2n) is 5.90. The minimum Gasteiger partial charge on any atom is -0.451 e. The molecule has 1 amide bonds. The summed E-state index contributed by atoms with van der Waals surface area (Å²) in [6.45, 7) is 2.61. The van der Waals surface area contributed by atoms with Gasteiger partial charge in [0.1, 0.15) is 5.76 Å². The number of nitrogens with one attached hydrogen (secondary N) is 1. The smallest absolute Gasteiger partial charge is 0.287 e. The van der Waals surface area contributed by atoms with E-state index in [1.54, 1.807) is 12.1 Å². The maximum absolute atomic E-state index is 12.3. The van der Waals surface area contributed by atoms with Crippen LogP contribution >= 0.6 is 11.6 Å². The Morgan fingerprint density at radius 2 is 2.20 bits per heavy atom. The van der Waals surface area contributed by atoms with Crippen molar-refractivity contribution in [2.45, 2.75) is 31.9 Å². The van der Waals surface area contributed by atoms with Gasteiger partial charge in [0, 0.05) is 24.3 Å². The van der Waals surface area contributed by atoms with E-state index in [2.05, 4.69) is 5.32 Å². The van der Waals surface area contributed by atoms with E-state index in [1.807, 2.05) is 6.92 Å². The lowest BCUT2D eigenvalue weighted by Gasteiger charge is -2.19. The summed E-state index contributed by atoms with van der Waals surface area (Å²) in [5, 5.41) is 13.8. The lowest BCUT2D eigenvalue weighted by atomic mass is 10.1. The molecule has 1 saturated heterocycles. The third-order valence-electron chi connectivity index (χ3n) is 4.14. The minimum absolute atomic E-state index is 0.0162. The van der Waals surface area contributed by atoms with Gasteiger partial charge in [0.15, 0.2) is 5.76 Å². The first-order valence-electron chi connectivity index (χ1n) is 7.92. The number of nitrogens with zero attached hydrogens (tertiary/aromatic N) is 1. The Bertz CT molecular complexity index is 798. The van der Waals surface area contributed by atoms with Crippen LogP contribution < -0.4 is 5.32 Å². The zero-order valence-electron chi connectivity index (χ0n) is 13.5. The van der Waals surface area contributed by atoms with Crippen molar-refractivity contribution in [1.29, 1.82) is 0 Å². The molecule has 0 bridgehead atoms. The second-order valence-corrected chi connectivity index (χ2v) is 6.31. The highest BCUT2D eigenvalue weighted by Gasteiger charge is 2.25. The van der Waals surface area contributed by atoms with Crippen LogP contribution in [0, 0.1) is 10.1 Å². The number of hydrogen-bond acceptors (Lipinski definition) is 5. The summed E-state index contributed by atoms with van der Waals surface area (Å²) in [5.41, 5.74) is 0.377. The Morgan fingerprint density at radius 3 is 2.84 bits per heavy atom. The lowest BCUT2D eigenvalue weighted by Crippen LogP contribution is -2.40. The Labute approximate surface area is 149 Å². The largest absolute Gasteiger partial charge is 0.451 e. The molecule has 0 aliphatic carbocycles. The molecule has 2 aromatic rings. The van der Waals surface area contributed by atoms with Crippen LogP contribution in [0.1, 0.15) is 30.3 Å². The fourth-order valence-electron chi connectivity index (χ4n) is 2.79. The molecule has 3 rings (SSSR count). The van der Waals surface area contributed by atoms with E-state index in [0.29, 0.717) is 17.9 Å². The first-order valence-corrected chi connectivity index (χ1v) is 8.30. The van der Waals surface area contributed by atoms with Gasteiger partial charge in [-0.1, -0.05) is 11.6 Å². The van der Waals surface area contributed by atoms with Gasteiger partial charge < -0.3 is 14.5 Å². The van der Waals surface area contributed by atoms with Crippen molar-refractivity contribution >= 4 is 23.2 Å². The first-order chi connectivity index (χ1) is 12.0. The molecule has 0 radical (unpaired) electrons. The highest BCUT2D eigenvalue weighted by Crippen LogP contribution is 2.32. The van der Waals surface area contributed by atoms with Crippen molar-refractivity contribution in [3.63, 3.8) is 0 Å². The van der Waals surface area contributed by atoms with Crippen LogP contribution in [0.5, 0.6) is 0 Å². The van der Waals surface area contributed by atoms with Gasteiger partial charge in [-0.25, -0.2) is 0 Å². The number of benzene rings is 1. The van der Waals surface area contributed by atoms with Crippen molar-refractivity contribution in [1.82, 2.24) is 5.32 Å². The minimum atomic E-state index is -0.525. The summed E-state index contributed by atoms with van der Waals surface area (Å²) in [6, 6.07) is 7.12. The number of carbonyl (C=O) groups excluding carboxylic acids is 1. The number of ether oxygens (including phenoxy) is 1. The molecule has 0 spiro atoms. The predicted octanol–water partition coefficient (Wildman–Crippen LogP) is 3.81. The maximum Gasteiger partial charge on any atom is 0.287 e. The summed E-state index contributed by atoms with van der Waals surface area (Å²) in [4.78, 5) is 22.5. The summed E-state index contributed by atoms with van der Waals surface area (Å²) >= 11 is 6.09. The molecular weight excluding hydrogens is 348 g/mol. The summed E-state index contributed by atoms with van der Waals surface area (Å²) < 4.78 is 11.1. The zero-order valence-corrected chi connectivity index (χ0v) is 14.3. The molecule has 132 valence electrons. The lowest BCUT2D eigenvalue weighted by molar-refractivity contribution is -0.384. The van der Waals surface area contributed by atoms with Crippen LogP contribution in [0.25, 0.3) is 11.3 Å². The topological polar surface area (TPSA) is 94.6 Å². The van der Waals surface area contributed by atoms with Gasteiger partial charge in [-0.2, -0.15) is 0 Å². The Morgan fingerprint density at radius 1 is 1.40 bits per heavy atom. The van der Waals surface area contributed by atoms with Crippen LogP contribution in [-0.2, 0) is 4.74 Å². The van der Waals surface area contributed by atoms with Gasteiger partial charge in [-0.3, -0.25) is 14.9 Å². The highest BCUT2D eigenvalue weighted by atomic mass is 35.5. The van der Waals surface area contributed by atoms with Crippen molar-refractivity contribution in [3.8, 4) is 11.3 Å². The van der Waals surface area contributed by atoms with E-state index in [9.17, 15) is 14.9 Å². The van der Waals surface area contributed by atoms with E-state index >= 15 is 0 Å². The van der Waals surface area contributed by atoms with E-state index in [4.69, 9.17) is 20.8 Å². The number of non-ortho nitro benzene ring substituents is 1. The van der Waals surface area contributed by atoms with Crippen LogP contribution in [0.15, 0.2) is 34.7 Å². The van der Waals surface area contributed by atoms with Gasteiger partial charge >= 0.3 is 0 Å². The molecule has 1 aromatic carbocycles. The number of furan rings is 1. The van der Waals surface area contributed by atoms with E-state index in [-0.39, 0.29) is 34.5 Å². The summed E-state index contributed by atoms with van der Waals surface area (Å²) in [6.07, 6.45) is 1.93. The van der Waals surface area contributed by atoms with Crippen LogP contribution in [-0.4, -0.2) is 29.6 Å². The molecule has 2 heterocycles. The molecule has 7 nitrogen and oxygen atoms in total. The van der Waals surface area contributed by atoms with Crippen molar-refractivity contribution in [2.24, 2.45) is 0 Å². The van der Waals surface area contributed by atoms with Gasteiger partial charge in [0.05, 0.1) is 22.1 Å². The maximum atomic E-state index is 12.3. The van der Waals surface area contributed by atoms with Gasteiger partial charge in [-0.15, -0.1) is 0 Å². The second kappa shape index (κ2) is 7.25. The predicted molar refractivity (Wildman–Crippen MR) is 91.7 cm³/mol. The summed E-state index contributed by atoms with van der Waals surface area (Å²) in [5.74, 6) is 0.177. The molecule has 1 aliphatic heterocycles. The van der Waals surface area contributed by atoms with E-state index in [1.165, 1.54) is 18.2 Å². The molecule has 2 atom stereocenters. The molecule has 25 heavy (non-hydrogen) atoms. The average molecular weight is 365 g/mol. The first kappa shape index (κ1) is 17.4. The van der Waals surface area contributed by atoms with Gasteiger partial charge in [-0.05, 0) is 38.0 Å². The molecular formula is C17H17ClN2O5. The molecule has 1 N–H and O–H groups in total. The number of amides is 1. The number of carbonyl (C=O) groups is 1. The fourth-order valence-corrected chi connectivity index (χ4v) is 3.06. The molecule has 1 aromatic heterocycles. The van der Waals surface area contributed by atoms with Crippen LogP contribution in [0.3, 0.4) is 0 Å². The quantitative estimate of drug-likeness (QED) is 0.643.